The van der Waals surface area contributed by atoms with E-state index < -0.39 is 11.5 Å². The average molecular weight is 336 g/mol. The Hall–Kier alpha value is -2.99. The number of hydrogen-bond acceptors (Lipinski definition) is 5. The van der Waals surface area contributed by atoms with Gasteiger partial charge in [0.25, 0.3) is 5.91 Å². The number of pyridine rings is 2. The van der Waals surface area contributed by atoms with Crippen molar-refractivity contribution in [1.29, 1.82) is 0 Å². The molecule has 0 fully saturated rings. The van der Waals surface area contributed by atoms with Gasteiger partial charge in [-0.15, -0.1) is 0 Å². The number of benzene rings is 1. The third-order valence-electron chi connectivity index (χ3n) is 3.96. The van der Waals surface area contributed by atoms with E-state index in [-0.39, 0.29) is 0 Å². The van der Waals surface area contributed by atoms with Gasteiger partial charge in [-0.05, 0) is 43.9 Å². The summed E-state index contributed by atoms with van der Waals surface area (Å²) in [5.74, 6) is 0.199. The number of rotatable bonds is 3. The fourth-order valence-corrected chi connectivity index (χ4v) is 2.51. The minimum absolute atomic E-state index is 0.348. The number of hydrogen-bond donors (Lipinski definition) is 3. The van der Waals surface area contributed by atoms with Gasteiger partial charge in [0, 0.05) is 17.1 Å². The Bertz CT molecular complexity index is 961. The summed E-state index contributed by atoms with van der Waals surface area (Å²) in [7, 11) is 0. The first-order valence-corrected chi connectivity index (χ1v) is 7.92. The van der Waals surface area contributed by atoms with Crippen LogP contribution in [0, 0.1) is 6.92 Å². The Morgan fingerprint density at radius 2 is 1.96 bits per heavy atom. The Morgan fingerprint density at radius 1 is 1.24 bits per heavy atom. The van der Waals surface area contributed by atoms with Crippen LogP contribution in [0.15, 0.2) is 42.6 Å². The van der Waals surface area contributed by atoms with Gasteiger partial charge in [-0.2, -0.15) is 0 Å². The third kappa shape index (κ3) is 3.44. The number of fused-ring (bicyclic) bond motifs is 1. The first kappa shape index (κ1) is 16.9. The van der Waals surface area contributed by atoms with Crippen molar-refractivity contribution in [3.63, 3.8) is 0 Å². The molecule has 0 radical (unpaired) electrons. The number of aryl methyl sites for hydroxylation is 1. The van der Waals surface area contributed by atoms with Crippen LogP contribution in [0.4, 0.5) is 11.6 Å². The van der Waals surface area contributed by atoms with Crippen molar-refractivity contribution in [1.82, 2.24) is 9.97 Å². The minimum Gasteiger partial charge on any atom is -0.383 e. The lowest BCUT2D eigenvalue weighted by atomic mass is 10.0. The summed E-state index contributed by atoms with van der Waals surface area (Å²) in [5, 5.41) is 13.9. The van der Waals surface area contributed by atoms with Gasteiger partial charge in [0.05, 0.1) is 5.69 Å². The predicted octanol–water partition coefficient (Wildman–Crippen LogP) is 2.90. The van der Waals surface area contributed by atoms with E-state index in [2.05, 4.69) is 15.3 Å². The lowest BCUT2D eigenvalue weighted by Gasteiger charge is -2.16. The monoisotopic (exact) mass is 336 g/mol. The Balaban J connectivity index is 2.07. The van der Waals surface area contributed by atoms with Crippen LogP contribution in [-0.4, -0.2) is 26.6 Å². The fourth-order valence-electron chi connectivity index (χ4n) is 2.51. The molecule has 0 bridgehead atoms. The number of aromatic nitrogens is 2. The van der Waals surface area contributed by atoms with Crippen molar-refractivity contribution in [3.8, 4) is 11.3 Å². The summed E-state index contributed by atoms with van der Waals surface area (Å²) < 4.78 is 0. The molecular formula is C19H20N4O2. The van der Waals surface area contributed by atoms with Gasteiger partial charge < -0.3 is 16.2 Å². The van der Waals surface area contributed by atoms with Gasteiger partial charge in [-0.1, -0.05) is 24.3 Å². The molecule has 0 unspecified atom stereocenters. The number of nitrogens with one attached hydrogen (secondary N) is 1. The van der Waals surface area contributed by atoms with Crippen LogP contribution < -0.4 is 11.1 Å². The van der Waals surface area contributed by atoms with Crippen LogP contribution in [0.3, 0.4) is 0 Å². The van der Waals surface area contributed by atoms with E-state index in [1.54, 1.807) is 12.3 Å². The first-order chi connectivity index (χ1) is 11.8. The molecule has 0 spiro atoms. The van der Waals surface area contributed by atoms with Crippen molar-refractivity contribution < 1.29 is 9.90 Å². The zero-order chi connectivity index (χ0) is 18.2. The largest absolute Gasteiger partial charge is 0.383 e. The average Bonchev–Trinajstić information content (AvgIpc) is 2.54. The molecular weight excluding hydrogens is 316 g/mol. The second-order valence-electron chi connectivity index (χ2n) is 6.51. The van der Waals surface area contributed by atoms with Crippen molar-refractivity contribution >= 4 is 28.3 Å². The highest BCUT2D eigenvalue weighted by Gasteiger charge is 2.24. The molecule has 4 N–H and O–H groups in total. The molecule has 0 aliphatic heterocycles. The number of amides is 1. The lowest BCUT2D eigenvalue weighted by Crippen LogP contribution is -2.36. The maximum absolute atomic E-state index is 11.9. The molecule has 1 aromatic carbocycles. The second kappa shape index (κ2) is 6.14. The van der Waals surface area contributed by atoms with Gasteiger partial charge in [0.1, 0.15) is 17.2 Å². The molecule has 3 aromatic rings. The number of anilines is 2. The molecule has 0 saturated heterocycles. The van der Waals surface area contributed by atoms with Crippen LogP contribution in [0.5, 0.6) is 0 Å². The highest BCUT2D eigenvalue weighted by atomic mass is 16.3. The van der Waals surface area contributed by atoms with E-state index in [9.17, 15) is 9.90 Å². The van der Waals surface area contributed by atoms with E-state index >= 15 is 0 Å². The molecule has 2 aromatic heterocycles. The van der Waals surface area contributed by atoms with E-state index in [1.165, 1.54) is 13.8 Å². The van der Waals surface area contributed by atoms with Gasteiger partial charge in [0.2, 0.25) is 0 Å². The Labute approximate surface area is 145 Å². The summed E-state index contributed by atoms with van der Waals surface area (Å²) in [6.07, 6.45) is 1.57. The summed E-state index contributed by atoms with van der Waals surface area (Å²) in [6.45, 7) is 4.85. The summed E-state index contributed by atoms with van der Waals surface area (Å²) in [4.78, 5) is 20.6. The topological polar surface area (TPSA) is 101 Å². The third-order valence-corrected chi connectivity index (χ3v) is 3.96. The van der Waals surface area contributed by atoms with Crippen LogP contribution in [0.1, 0.15) is 19.4 Å². The maximum atomic E-state index is 11.9. The van der Waals surface area contributed by atoms with Gasteiger partial charge in [-0.25, -0.2) is 9.97 Å². The molecule has 1 amide bonds. The van der Waals surface area contributed by atoms with Gasteiger partial charge in [-0.3, -0.25) is 4.79 Å². The normalized spacial score (nSPS) is 11.5. The molecule has 6 heteroatoms. The highest BCUT2D eigenvalue weighted by Crippen LogP contribution is 2.29. The number of nitrogens with two attached hydrogens (primary N) is 1. The zero-order valence-electron chi connectivity index (χ0n) is 14.4. The van der Waals surface area contributed by atoms with Crippen LogP contribution >= 0.6 is 0 Å². The molecule has 128 valence electrons. The smallest absolute Gasteiger partial charge is 0.256 e. The quantitative estimate of drug-likeness (QED) is 0.683. The van der Waals surface area contributed by atoms with Crippen molar-refractivity contribution in [3.05, 3.63) is 48.2 Å². The Kier molecular flexibility index (Phi) is 4.14. The van der Waals surface area contributed by atoms with Crippen LogP contribution in [0.25, 0.3) is 22.0 Å². The van der Waals surface area contributed by atoms with E-state index in [0.717, 1.165) is 22.2 Å². The molecule has 3 rings (SSSR count). The number of nitrogen functional groups attached to an aromatic ring is 1. The maximum Gasteiger partial charge on any atom is 0.256 e. The number of nitrogens with zero attached hydrogens (tertiary/aromatic N) is 2. The van der Waals surface area contributed by atoms with Crippen molar-refractivity contribution in [2.75, 3.05) is 11.1 Å². The second-order valence-corrected chi connectivity index (χ2v) is 6.51. The molecule has 0 aliphatic rings. The minimum atomic E-state index is -1.49. The van der Waals surface area contributed by atoms with E-state index in [0.29, 0.717) is 17.0 Å². The van der Waals surface area contributed by atoms with Gasteiger partial charge in [0.15, 0.2) is 0 Å². The van der Waals surface area contributed by atoms with Crippen LogP contribution in [0.2, 0.25) is 0 Å². The summed E-state index contributed by atoms with van der Waals surface area (Å²) in [6, 6.07) is 11.6. The molecule has 0 saturated carbocycles. The number of aliphatic hydroxyl groups is 1. The number of carbonyl (C=O) groups excluding carboxylic acids is 1. The van der Waals surface area contributed by atoms with Crippen molar-refractivity contribution in [2.24, 2.45) is 0 Å². The molecule has 0 atom stereocenters. The summed E-state index contributed by atoms with van der Waals surface area (Å²) >= 11 is 0. The predicted molar refractivity (Wildman–Crippen MR) is 99.1 cm³/mol. The van der Waals surface area contributed by atoms with Gasteiger partial charge >= 0.3 is 0 Å². The molecule has 2 heterocycles. The first-order valence-electron chi connectivity index (χ1n) is 7.92. The Morgan fingerprint density at radius 3 is 2.64 bits per heavy atom. The molecule has 0 aliphatic carbocycles. The van der Waals surface area contributed by atoms with E-state index in [1.807, 2.05) is 37.3 Å². The standard InChI is InChI=1S/C19H20N4O2/c1-11-6-4-5-7-13(11)15-8-12-9-16(23-18(24)19(2,3)25)21-10-14(12)17(20)22-15/h4-10,25H,1-3H3,(H2,20,22)(H,21,23,24). The zero-order valence-corrected chi connectivity index (χ0v) is 14.4. The SMILES string of the molecule is Cc1ccccc1-c1cc2cc(NC(=O)C(C)(C)O)ncc2c(N)n1. The lowest BCUT2D eigenvalue weighted by molar-refractivity contribution is -0.130. The number of carbonyl (C=O) groups is 1. The molecule has 25 heavy (non-hydrogen) atoms. The fraction of sp³-hybridized carbons (Fsp3) is 0.211. The van der Waals surface area contributed by atoms with Crippen molar-refractivity contribution in [2.45, 2.75) is 26.4 Å². The summed E-state index contributed by atoms with van der Waals surface area (Å²) in [5.41, 5.74) is 7.45. The molecule has 6 nitrogen and oxygen atoms in total. The highest BCUT2D eigenvalue weighted by molar-refractivity contribution is 5.99. The van der Waals surface area contributed by atoms with E-state index in [4.69, 9.17) is 5.73 Å². The van der Waals surface area contributed by atoms with Crippen LogP contribution in [-0.2, 0) is 4.79 Å².